The molecule has 3 aromatic rings. The van der Waals surface area contributed by atoms with E-state index in [0.29, 0.717) is 36.5 Å². The van der Waals surface area contributed by atoms with Gasteiger partial charge in [0, 0.05) is 11.6 Å². The number of carbonyl (C=O) groups is 2. The number of rotatable bonds is 4. The van der Waals surface area contributed by atoms with Crippen molar-refractivity contribution in [2.75, 3.05) is 4.90 Å². The van der Waals surface area contributed by atoms with Crippen LogP contribution in [0.2, 0.25) is 10.0 Å². The highest BCUT2D eigenvalue weighted by Crippen LogP contribution is 2.37. The molecule has 0 aliphatic carbocycles. The number of thioether (sulfide) groups is 1. The molecule has 4 rings (SSSR count). The highest BCUT2D eigenvalue weighted by molar-refractivity contribution is 8.27. The highest BCUT2D eigenvalue weighted by Gasteiger charge is 2.33. The fourth-order valence-corrected chi connectivity index (χ4v) is 4.38. The number of carboxylic acids is 1. The first-order chi connectivity index (χ1) is 14.3. The molecule has 5 nitrogen and oxygen atoms in total. The number of furan rings is 1. The van der Waals surface area contributed by atoms with E-state index in [1.54, 1.807) is 48.5 Å². The Bertz CT molecular complexity index is 1220. The van der Waals surface area contributed by atoms with E-state index in [4.69, 9.17) is 44.9 Å². The van der Waals surface area contributed by atoms with Gasteiger partial charge in [-0.25, -0.2) is 4.79 Å². The molecular formula is C21H11Cl2NO4S2. The van der Waals surface area contributed by atoms with Gasteiger partial charge >= 0.3 is 5.97 Å². The smallest absolute Gasteiger partial charge is 0.335 e. The number of hydrogen-bond donors (Lipinski definition) is 1. The maximum atomic E-state index is 12.9. The predicted octanol–water partition coefficient (Wildman–Crippen LogP) is 6.36. The van der Waals surface area contributed by atoms with Gasteiger partial charge < -0.3 is 9.52 Å². The molecule has 150 valence electrons. The average Bonchev–Trinajstić information content (AvgIpc) is 3.29. The lowest BCUT2D eigenvalue weighted by Gasteiger charge is -2.14. The van der Waals surface area contributed by atoms with Crippen molar-refractivity contribution >= 4 is 75.1 Å². The summed E-state index contributed by atoms with van der Waals surface area (Å²) in [5.41, 5.74) is 1.39. The minimum Gasteiger partial charge on any atom is -0.478 e. The lowest BCUT2D eigenvalue weighted by atomic mass is 10.2. The van der Waals surface area contributed by atoms with Gasteiger partial charge in [0.1, 0.15) is 11.5 Å². The zero-order chi connectivity index (χ0) is 21.4. The number of hydrogen-bond acceptors (Lipinski definition) is 5. The van der Waals surface area contributed by atoms with Crippen molar-refractivity contribution in [1.82, 2.24) is 0 Å². The summed E-state index contributed by atoms with van der Waals surface area (Å²) in [6.45, 7) is 0. The first kappa shape index (κ1) is 20.7. The van der Waals surface area contributed by atoms with E-state index in [1.807, 2.05) is 0 Å². The number of carboxylic acid groups (broad SMARTS) is 1. The first-order valence-corrected chi connectivity index (χ1v) is 10.5. The largest absolute Gasteiger partial charge is 0.478 e. The fourth-order valence-electron chi connectivity index (χ4n) is 2.81. The molecule has 0 saturated carbocycles. The standard InChI is InChI=1S/C21H11Cl2NO4S2/c22-15-7-3-12(9-16(15)23)17-8-6-14(28-17)10-18-19(25)24(21(29)30-18)13-4-1-11(2-5-13)20(26)27/h1-10H,(H,26,27)/b18-10+. The lowest BCUT2D eigenvalue weighted by Crippen LogP contribution is -2.27. The maximum Gasteiger partial charge on any atom is 0.335 e. The molecule has 2 aromatic carbocycles. The second-order valence-corrected chi connectivity index (χ2v) is 8.69. The van der Waals surface area contributed by atoms with E-state index >= 15 is 0 Å². The quantitative estimate of drug-likeness (QED) is 0.349. The van der Waals surface area contributed by atoms with Crippen LogP contribution in [0.25, 0.3) is 17.4 Å². The minimum atomic E-state index is -1.04. The summed E-state index contributed by atoms with van der Waals surface area (Å²) in [6, 6.07) is 14.6. The molecule has 0 atom stereocenters. The van der Waals surface area contributed by atoms with Crippen LogP contribution in [0.3, 0.4) is 0 Å². The van der Waals surface area contributed by atoms with Gasteiger partial charge in [-0.2, -0.15) is 0 Å². The summed E-state index contributed by atoms with van der Waals surface area (Å²) in [4.78, 5) is 25.6. The Morgan fingerprint density at radius 1 is 1.07 bits per heavy atom. The monoisotopic (exact) mass is 475 g/mol. The maximum absolute atomic E-state index is 12.9. The number of benzene rings is 2. The molecule has 0 unspecified atom stereocenters. The molecule has 1 saturated heterocycles. The summed E-state index contributed by atoms with van der Waals surface area (Å²) in [5, 5.41) is 9.89. The molecule has 0 spiro atoms. The number of amides is 1. The Morgan fingerprint density at radius 2 is 1.80 bits per heavy atom. The van der Waals surface area contributed by atoms with Crippen LogP contribution in [0.15, 0.2) is 63.9 Å². The third-order valence-corrected chi connectivity index (χ3v) is 6.31. The Balaban J connectivity index is 1.58. The Kier molecular flexibility index (Phi) is 5.71. The van der Waals surface area contributed by atoms with E-state index in [9.17, 15) is 9.59 Å². The van der Waals surface area contributed by atoms with E-state index < -0.39 is 5.97 Å². The molecule has 1 aromatic heterocycles. The number of nitrogens with zero attached hydrogens (tertiary/aromatic N) is 1. The zero-order valence-electron chi connectivity index (χ0n) is 15.0. The van der Waals surface area contributed by atoms with Gasteiger partial charge in [-0.15, -0.1) is 0 Å². The number of halogens is 2. The van der Waals surface area contributed by atoms with Crippen LogP contribution < -0.4 is 4.90 Å². The molecule has 1 amide bonds. The van der Waals surface area contributed by atoms with Gasteiger partial charge in [0.15, 0.2) is 4.32 Å². The van der Waals surface area contributed by atoms with Crippen molar-refractivity contribution in [2.45, 2.75) is 0 Å². The molecule has 9 heteroatoms. The van der Waals surface area contributed by atoms with Crippen molar-refractivity contribution in [3.05, 3.63) is 80.9 Å². The second-order valence-electron chi connectivity index (χ2n) is 6.20. The highest BCUT2D eigenvalue weighted by atomic mass is 35.5. The molecule has 1 aliphatic rings. The Morgan fingerprint density at radius 3 is 2.47 bits per heavy atom. The van der Waals surface area contributed by atoms with Crippen LogP contribution in [0.1, 0.15) is 16.1 Å². The SMILES string of the molecule is O=C(O)c1ccc(N2C(=O)/C(=C\c3ccc(-c4ccc(Cl)c(Cl)c4)o3)SC2=S)cc1. The molecule has 1 aliphatic heterocycles. The van der Waals surface area contributed by atoms with Crippen LogP contribution in [-0.2, 0) is 4.79 Å². The minimum absolute atomic E-state index is 0.130. The van der Waals surface area contributed by atoms with Gasteiger partial charge in [-0.1, -0.05) is 47.2 Å². The van der Waals surface area contributed by atoms with Crippen LogP contribution in [-0.4, -0.2) is 21.3 Å². The molecular weight excluding hydrogens is 465 g/mol. The zero-order valence-corrected chi connectivity index (χ0v) is 18.1. The van der Waals surface area contributed by atoms with E-state index in [2.05, 4.69) is 0 Å². The summed E-state index contributed by atoms with van der Waals surface area (Å²) >= 11 is 18.5. The lowest BCUT2D eigenvalue weighted by molar-refractivity contribution is -0.113. The van der Waals surface area contributed by atoms with Crippen molar-refractivity contribution in [2.24, 2.45) is 0 Å². The van der Waals surface area contributed by atoms with Crippen LogP contribution in [0, 0.1) is 0 Å². The second kappa shape index (κ2) is 8.28. The van der Waals surface area contributed by atoms with Gasteiger partial charge in [0.2, 0.25) is 0 Å². The van der Waals surface area contributed by atoms with E-state index in [0.717, 1.165) is 17.3 Å². The summed E-state index contributed by atoms with van der Waals surface area (Å²) in [5.74, 6) is -0.277. The predicted molar refractivity (Wildman–Crippen MR) is 123 cm³/mol. The molecule has 0 radical (unpaired) electrons. The average molecular weight is 476 g/mol. The third-order valence-electron chi connectivity index (χ3n) is 4.27. The Hall–Kier alpha value is -2.58. The van der Waals surface area contributed by atoms with Gasteiger partial charge in [0.25, 0.3) is 5.91 Å². The molecule has 1 N–H and O–H groups in total. The van der Waals surface area contributed by atoms with Crippen LogP contribution in [0.5, 0.6) is 0 Å². The van der Waals surface area contributed by atoms with E-state index in [-0.39, 0.29) is 11.5 Å². The van der Waals surface area contributed by atoms with Crippen LogP contribution in [0.4, 0.5) is 5.69 Å². The van der Waals surface area contributed by atoms with Crippen LogP contribution >= 0.6 is 47.2 Å². The molecule has 30 heavy (non-hydrogen) atoms. The summed E-state index contributed by atoms with van der Waals surface area (Å²) in [7, 11) is 0. The fraction of sp³-hybridized carbons (Fsp3) is 0. The molecule has 2 heterocycles. The summed E-state index contributed by atoms with van der Waals surface area (Å²) < 4.78 is 6.17. The van der Waals surface area contributed by atoms with Crippen molar-refractivity contribution in [1.29, 1.82) is 0 Å². The molecule has 0 bridgehead atoms. The number of anilines is 1. The topological polar surface area (TPSA) is 70.8 Å². The molecule has 1 fully saturated rings. The summed E-state index contributed by atoms with van der Waals surface area (Å²) in [6.07, 6.45) is 1.62. The number of carbonyl (C=O) groups excluding carboxylic acids is 1. The normalized spacial score (nSPS) is 15.3. The van der Waals surface area contributed by atoms with Crippen molar-refractivity contribution in [3.8, 4) is 11.3 Å². The van der Waals surface area contributed by atoms with Gasteiger partial charge in [-0.3, -0.25) is 9.69 Å². The first-order valence-electron chi connectivity index (χ1n) is 8.50. The third kappa shape index (κ3) is 4.02. The number of aromatic carboxylic acids is 1. The van der Waals surface area contributed by atoms with Crippen molar-refractivity contribution < 1.29 is 19.1 Å². The van der Waals surface area contributed by atoms with Gasteiger partial charge in [-0.05, 0) is 54.6 Å². The van der Waals surface area contributed by atoms with Gasteiger partial charge in [0.05, 0.1) is 26.2 Å². The number of thiocarbonyl (C=S) groups is 1. The van der Waals surface area contributed by atoms with Crippen molar-refractivity contribution in [3.63, 3.8) is 0 Å². The Labute approximate surface area is 190 Å². The van der Waals surface area contributed by atoms with E-state index in [1.165, 1.54) is 17.0 Å².